The Balaban J connectivity index is 1.75. The quantitative estimate of drug-likeness (QED) is 0.423. The molecule has 0 aromatic heterocycles. The van der Waals surface area contributed by atoms with Crippen LogP contribution in [0.4, 0.5) is 0 Å². The van der Waals surface area contributed by atoms with E-state index in [0.29, 0.717) is 0 Å². The van der Waals surface area contributed by atoms with E-state index in [1.807, 2.05) is 0 Å². The van der Waals surface area contributed by atoms with Crippen molar-refractivity contribution in [2.45, 2.75) is 84.5 Å². The molecule has 22 heavy (non-hydrogen) atoms. The zero-order valence-electron chi connectivity index (χ0n) is 14.7. The van der Waals surface area contributed by atoms with Crippen molar-refractivity contribution in [1.82, 2.24) is 0 Å². The van der Waals surface area contributed by atoms with Crippen molar-refractivity contribution in [1.29, 1.82) is 0 Å². The van der Waals surface area contributed by atoms with Crippen LogP contribution in [0.3, 0.4) is 0 Å². The molecule has 1 aliphatic rings. The summed E-state index contributed by atoms with van der Waals surface area (Å²) in [6, 6.07) is 9.41. The average Bonchev–Trinajstić information content (AvgIpc) is 2.59. The summed E-state index contributed by atoms with van der Waals surface area (Å²) < 4.78 is 0. The second-order valence-corrected chi connectivity index (χ2v) is 6.99. The van der Waals surface area contributed by atoms with Gasteiger partial charge in [0.15, 0.2) is 0 Å². The molecule has 0 bridgehead atoms. The van der Waals surface area contributed by atoms with Crippen molar-refractivity contribution in [3.05, 3.63) is 41.5 Å². The van der Waals surface area contributed by atoms with Crippen molar-refractivity contribution in [2.24, 2.45) is 5.92 Å². The van der Waals surface area contributed by atoms with E-state index in [9.17, 15) is 0 Å². The van der Waals surface area contributed by atoms with Crippen molar-refractivity contribution < 1.29 is 0 Å². The van der Waals surface area contributed by atoms with Crippen LogP contribution in [0.15, 0.2) is 30.3 Å². The predicted octanol–water partition coefficient (Wildman–Crippen LogP) is 7.18. The lowest BCUT2D eigenvalue weighted by Crippen LogP contribution is -2.03. The zero-order valence-corrected chi connectivity index (χ0v) is 14.7. The van der Waals surface area contributed by atoms with E-state index in [0.717, 1.165) is 5.92 Å². The summed E-state index contributed by atoms with van der Waals surface area (Å²) in [5, 5.41) is 0. The molecular weight excluding hydrogens is 264 g/mol. The Morgan fingerprint density at radius 2 is 1.64 bits per heavy atom. The van der Waals surface area contributed by atoms with Gasteiger partial charge in [-0.05, 0) is 54.7 Å². The van der Waals surface area contributed by atoms with Gasteiger partial charge in [-0.2, -0.15) is 0 Å². The van der Waals surface area contributed by atoms with Crippen LogP contribution >= 0.6 is 0 Å². The molecule has 122 valence electrons. The first-order valence-electron chi connectivity index (χ1n) is 9.61. The molecule has 1 unspecified atom stereocenters. The molecule has 1 aromatic carbocycles. The second kappa shape index (κ2) is 9.87. The topological polar surface area (TPSA) is 0 Å². The molecule has 0 amide bonds. The van der Waals surface area contributed by atoms with Gasteiger partial charge in [-0.1, -0.05) is 82.7 Å². The number of rotatable bonds is 9. The highest BCUT2D eigenvalue weighted by atomic mass is 14.2. The zero-order chi connectivity index (χ0) is 15.6. The second-order valence-electron chi connectivity index (χ2n) is 6.99. The number of benzene rings is 1. The van der Waals surface area contributed by atoms with E-state index in [-0.39, 0.29) is 0 Å². The van der Waals surface area contributed by atoms with E-state index in [2.05, 4.69) is 44.2 Å². The number of allylic oxidation sites excluding steroid dienone is 2. The summed E-state index contributed by atoms with van der Waals surface area (Å²) in [5.74, 6) is 0.927. The predicted molar refractivity (Wildman–Crippen MR) is 99.1 cm³/mol. The molecule has 0 heteroatoms. The number of hydrogen-bond acceptors (Lipinski definition) is 0. The van der Waals surface area contributed by atoms with Crippen LogP contribution in [-0.2, 0) is 6.42 Å². The van der Waals surface area contributed by atoms with Crippen molar-refractivity contribution in [2.75, 3.05) is 0 Å². The highest BCUT2D eigenvalue weighted by Gasteiger charge is 2.13. The summed E-state index contributed by atoms with van der Waals surface area (Å²) in [4.78, 5) is 0. The van der Waals surface area contributed by atoms with Gasteiger partial charge in [-0.25, -0.2) is 0 Å². The number of aryl methyl sites for hydroxylation is 1. The van der Waals surface area contributed by atoms with Crippen LogP contribution < -0.4 is 0 Å². The van der Waals surface area contributed by atoms with Gasteiger partial charge in [0.2, 0.25) is 0 Å². The molecule has 1 atom stereocenters. The molecule has 0 fully saturated rings. The Labute approximate surface area is 138 Å². The van der Waals surface area contributed by atoms with Gasteiger partial charge in [-0.15, -0.1) is 0 Å². The summed E-state index contributed by atoms with van der Waals surface area (Å²) in [7, 11) is 0. The highest BCUT2D eigenvalue weighted by molar-refractivity contribution is 5.66. The third-order valence-corrected chi connectivity index (χ3v) is 5.24. The lowest BCUT2D eigenvalue weighted by molar-refractivity contribution is 0.471. The number of unbranched alkanes of at least 4 members (excludes halogenated alkanes) is 5. The molecule has 0 saturated heterocycles. The minimum Gasteiger partial charge on any atom is -0.0804 e. The maximum absolute atomic E-state index is 2.49. The van der Waals surface area contributed by atoms with Crippen LogP contribution in [0.25, 0.3) is 5.57 Å². The Kier molecular flexibility index (Phi) is 7.77. The Bertz CT molecular complexity index is 438. The largest absolute Gasteiger partial charge is 0.0804 e. The minimum absolute atomic E-state index is 0.927. The van der Waals surface area contributed by atoms with Crippen LogP contribution in [0.5, 0.6) is 0 Å². The molecule has 0 radical (unpaired) electrons. The molecule has 1 aliphatic carbocycles. The average molecular weight is 299 g/mol. The standard InChI is InChI=1S/C22H34/c1-3-5-6-7-8-9-10-20-13-17-22(18-14-20)21-15-11-19(4-2)12-16-21/h13-15,17-19H,3-12,16H2,1-2H3. The van der Waals surface area contributed by atoms with Gasteiger partial charge in [0.1, 0.15) is 0 Å². The van der Waals surface area contributed by atoms with Crippen LogP contribution in [-0.4, -0.2) is 0 Å². The fraction of sp³-hybridized carbons (Fsp3) is 0.636. The van der Waals surface area contributed by atoms with E-state index in [4.69, 9.17) is 0 Å². The maximum atomic E-state index is 2.49. The fourth-order valence-electron chi connectivity index (χ4n) is 3.52. The van der Waals surface area contributed by atoms with Gasteiger partial charge in [0, 0.05) is 0 Å². The third kappa shape index (κ3) is 5.63. The SMILES string of the molecule is CCCCCCCCc1ccc(C2=CCC(CC)CC2)cc1. The van der Waals surface area contributed by atoms with Gasteiger partial charge < -0.3 is 0 Å². The van der Waals surface area contributed by atoms with Crippen LogP contribution in [0.1, 0.15) is 89.2 Å². The lowest BCUT2D eigenvalue weighted by atomic mass is 9.85. The molecule has 2 rings (SSSR count). The molecule has 0 spiro atoms. The van der Waals surface area contributed by atoms with E-state index >= 15 is 0 Å². The summed E-state index contributed by atoms with van der Waals surface area (Å²) in [6.45, 7) is 4.60. The number of hydrogen-bond donors (Lipinski definition) is 0. The van der Waals surface area contributed by atoms with Crippen molar-refractivity contribution in [3.63, 3.8) is 0 Å². The van der Waals surface area contributed by atoms with Crippen molar-refractivity contribution >= 4 is 5.57 Å². The molecular formula is C22H34. The molecule has 0 heterocycles. The van der Waals surface area contributed by atoms with E-state index in [1.165, 1.54) is 81.8 Å². The lowest BCUT2D eigenvalue weighted by Gasteiger charge is -2.20. The fourth-order valence-corrected chi connectivity index (χ4v) is 3.52. The summed E-state index contributed by atoms with van der Waals surface area (Å²) in [6.07, 6.45) is 17.3. The van der Waals surface area contributed by atoms with Crippen LogP contribution in [0, 0.1) is 5.92 Å². The smallest absolute Gasteiger partial charge is 0.0228 e. The van der Waals surface area contributed by atoms with Gasteiger partial charge in [-0.3, -0.25) is 0 Å². The van der Waals surface area contributed by atoms with Gasteiger partial charge >= 0.3 is 0 Å². The van der Waals surface area contributed by atoms with E-state index < -0.39 is 0 Å². The molecule has 1 aromatic rings. The first-order valence-corrected chi connectivity index (χ1v) is 9.61. The maximum Gasteiger partial charge on any atom is -0.0228 e. The van der Waals surface area contributed by atoms with Gasteiger partial charge in [0.25, 0.3) is 0 Å². The summed E-state index contributed by atoms with van der Waals surface area (Å²) in [5.41, 5.74) is 4.55. The monoisotopic (exact) mass is 298 g/mol. The molecule has 0 saturated carbocycles. The molecule has 0 N–H and O–H groups in total. The Morgan fingerprint density at radius 1 is 0.909 bits per heavy atom. The van der Waals surface area contributed by atoms with E-state index in [1.54, 1.807) is 5.57 Å². The minimum atomic E-state index is 0.927. The molecule has 0 aliphatic heterocycles. The van der Waals surface area contributed by atoms with Gasteiger partial charge in [0.05, 0.1) is 0 Å². The summed E-state index contributed by atoms with van der Waals surface area (Å²) >= 11 is 0. The highest BCUT2D eigenvalue weighted by Crippen LogP contribution is 2.31. The first-order chi connectivity index (χ1) is 10.8. The van der Waals surface area contributed by atoms with Crippen LogP contribution in [0.2, 0.25) is 0 Å². The molecule has 0 nitrogen and oxygen atoms in total. The first kappa shape index (κ1) is 17.3. The third-order valence-electron chi connectivity index (χ3n) is 5.24. The normalized spacial score (nSPS) is 18.3. The Hall–Kier alpha value is -1.04. The van der Waals surface area contributed by atoms with Crippen molar-refractivity contribution in [3.8, 4) is 0 Å². The Morgan fingerprint density at radius 3 is 2.27 bits per heavy atom.